The SMILES string of the molecule is CCc1nc(Cl)cc(Oc2cccc(S(C)(=O)=O)c2)n1. The van der Waals surface area contributed by atoms with Crippen molar-refractivity contribution in [3.05, 3.63) is 41.3 Å². The van der Waals surface area contributed by atoms with E-state index in [0.29, 0.717) is 18.0 Å². The molecule has 106 valence electrons. The molecule has 0 saturated heterocycles. The van der Waals surface area contributed by atoms with Gasteiger partial charge in [0.25, 0.3) is 0 Å². The summed E-state index contributed by atoms with van der Waals surface area (Å²) < 4.78 is 28.5. The van der Waals surface area contributed by atoms with Crippen molar-refractivity contribution >= 4 is 21.4 Å². The number of rotatable bonds is 4. The number of sulfone groups is 1. The summed E-state index contributed by atoms with van der Waals surface area (Å²) in [6.07, 6.45) is 1.77. The van der Waals surface area contributed by atoms with Crippen LogP contribution in [-0.2, 0) is 16.3 Å². The minimum absolute atomic E-state index is 0.186. The van der Waals surface area contributed by atoms with Gasteiger partial charge in [0.2, 0.25) is 5.88 Å². The van der Waals surface area contributed by atoms with Gasteiger partial charge in [0.05, 0.1) is 4.90 Å². The average Bonchev–Trinajstić information content (AvgIpc) is 2.37. The fourth-order valence-corrected chi connectivity index (χ4v) is 2.39. The zero-order valence-corrected chi connectivity index (χ0v) is 12.6. The molecule has 0 aliphatic heterocycles. The van der Waals surface area contributed by atoms with Crippen LogP contribution in [0.5, 0.6) is 11.6 Å². The highest BCUT2D eigenvalue weighted by Crippen LogP contribution is 2.24. The molecule has 0 radical (unpaired) electrons. The van der Waals surface area contributed by atoms with Crippen molar-refractivity contribution in [1.29, 1.82) is 0 Å². The van der Waals surface area contributed by atoms with Gasteiger partial charge in [-0.05, 0) is 18.2 Å². The summed E-state index contributed by atoms with van der Waals surface area (Å²) in [5.74, 6) is 1.23. The third-order valence-electron chi connectivity index (χ3n) is 2.49. The van der Waals surface area contributed by atoms with E-state index >= 15 is 0 Å². The van der Waals surface area contributed by atoms with Gasteiger partial charge in [-0.3, -0.25) is 0 Å². The lowest BCUT2D eigenvalue weighted by Gasteiger charge is -2.07. The fraction of sp³-hybridized carbons (Fsp3) is 0.231. The smallest absolute Gasteiger partial charge is 0.224 e. The van der Waals surface area contributed by atoms with Crippen molar-refractivity contribution in [2.45, 2.75) is 18.2 Å². The van der Waals surface area contributed by atoms with Crippen LogP contribution in [0, 0.1) is 0 Å². The normalized spacial score (nSPS) is 11.3. The predicted octanol–water partition coefficient (Wildman–Crippen LogP) is 2.89. The van der Waals surface area contributed by atoms with E-state index in [1.54, 1.807) is 12.1 Å². The lowest BCUT2D eigenvalue weighted by atomic mass is 10.3. The molecule has 0 unspecified atom stereocenters. The number of hydrogen-bond acceptors (Lipinski definition) is 5. The lowest BCUT2D eigenvalue weighted by molar-refractivity contribution is 0.457. The third-order valence-corrected chi connectivity index (χ3v) is 3.79. The minimum atomic E-state index is -3.28. The van der Waals surface area contributed by atoms with E-state index in [1.807, 2.05) is 6.92 Å². The molecule has 0 amide bonds. The first-order valence-corrected chi connectivity index (χ1v) is 8.17. The highest BCUT2D eigenvalue weighted by atomic mass is 35.5. The van der Waals surface area contributed by atoms with Gasteiger partial charge in [-0.2, -0.15) is 4.98 Å². The first-order valence-electron chi connectivity index (χ1n) is 5.90. The molecule has 0 bridgehead atoms. The summed E-state index contributed by atoms with van der Waals surface area (Å²) in [6, 6.07) is 7.68. The second kappa shape index (κ2) is 5.76. The molecule has 0 saturated carbocycles. The molecule has 1 aromatic carbocycles. The molecule has 1 heterocycles. The van der Waals surface area contributed by atoms with Crippen molar-refractivity contribution in [1.82, 2.24) is 9.97 Å². The Morgan fingerprint density at radius 3 is 2.65 bits per heavy atom. The summed E-state index contributed by atoms with van der Waals surface area (Å²) >= 11 is 5.87. The van der Waals surface area contributed by atoms with Gasteiger partial charge in [-0.15, -0.1) is 0 Å². The molecule has 0 atom stereocenters. The molecule has 5 nitrogen and oxygen atoms in total. The molecular formula is C13H13ClN2O3S. The molecule has 0 aliphatic rings. The van der Waals surface area contributed by atoms with Crippen LogP contribution in [0.1, 0.15) is 12.7 Å². The number of halogens is 1. The summed E-state index contributed by atoms with van der Waals surface area (Å²) in [5, 5.41) is 0.283. The van der Waals surface area contributed by atoms with Gasteiger partial charge in [0.15, 0.2) is 9.84 Å². The monoisotopic (exact) mass is 312 g/mol. The van der Waals surface area contributed by atoms with E-state index in [2.05, 4.69) is 9.97 Å². The number of hydrogen-bond donors (Lipinski definition) is 0. The molecule has 0 aliphatic carbocycles. The van der Waals surface area contributed by atoms with Gasteiger partial charge in [-0.25, -0.2) is 13.4 Å². The average molecular weight is 313 g/mol. The van der Waals surface area contributed by atoms with E-state index in [9.17, 15) is 8.42 Å². The maximum absolute atomic E-state index is 11.5. The van der Waals surface area contributed by atoms with E-state index < -0.39 is 9.84 Å². The predicted molar refractivity (Wildman–Crippen MR) is 76.0 cm³/mol. The van der Waals surface area contributed by atoms with Gasteiger partial charge < -0.3 is 4.74 Å². The van der Waals surface area contributed by atoms with Crippen molar-refractivity contribution < 1.29 is 13.2 Å². The molecule has 0 spiro atoms. The molecule has 2 aromatic rings. The van der Waals surface area contributed by atoms with E-state index in [1.165, 1.54) is 18.2 Å². The highest BCUT2D eigenvalue weighted by Gasteiger charge is 2.09. The van der Waals surface area contributed by atoms with Gasteiger partial charge in [-0.1, -0.05) is 24.6 Å². The number of ether oxygens (including phenoxy) is 1. The van der Waals surface area contributed by atoms with Crippen LogP contribution in [0.3, 0.4) is 0 Å². The Morgan fingerprint density at radius 1 is 1.25 bits per heavy atom. The summed E-state index contributed by atoms with van der Waals surface area (Å²) in [6.45, 7) is 1.90. The Bertz CT molecular complexity index is 732. The van der Waals surface area contributed by atoms with Crippen molar-refractivity contribution in [3.63, 3.8) is 0 Å². The van der Waals surface area contributed by atoms with E-state index in [-0.39, 0.29) is 15.9 Å². The highest BCUT2D eigenvalue weighted by molar-refractivity contribution is 7.90. The second-order valence-corrected chi connectivity index (χ2v) is 6.55. The lowest BCUT2D eigenvalue weighted by Crippen LogP contribution is -1.99. The van der Waals surface area contributed by atoms with Crippen LogP contribution in [0.4, 0.5) is 0 Å². The summed E-state index contributed by atoms with van der Waals surface area (Å²) in [5.41, 5.74) is 0. The second-order valence-electron chi connectivity index (χ2n) is 4.15. The van der Waals surface area contributed by atoms with E-state index in [4.69, 9.17) is 16.3 Å². The number of benzene rings is 1. The zero-order chi connectivity index (χ0) is 14.8. The molecule has 20 heavy (non-hydrogen) atoms. The van der Waals surface area contributed by atoms with Crippen LogP contribution in [0.25, 0.3) is 0 Å². The molecule has 0 fully saturated rings. The first-order chi connectivity index (χ1) is 9.38. The van der Waals surface area contributed by atoms with E-state index in [0.717, 1.165) is 6.26 Å². The minimum Gasteiger partial charge on any atom is -0.439 e. The van der Waals surface area contributed by atoms with Crippen molar-refractivity contribution in [2.24, 2.45) is 0 Å². The quantitative estimate of drug-likeness (QED) is 0.812. The number of aromatic nitrogens is 2. The van der Waals surface area contributed by atoms with Gasteiger partial charge >= 0.3 is 0 Å². The standard InChI is InChI=1S/C13H13ClN2O3S/c1-3-12-15-11(14)8-13(16-12)19-9-5-4-6-10(7-9)20(2,17)18/h4-8H,3H2,1-2H3. The van der Waals surface area contributed by atoms with Crippen molar-refractivity contribution in [2.75, 3.05) is 6.26 Å². The summed E-state index contributed by atoms with van der Waals surface area (Å²) in [4.78, 5) is 8.39. The first kappa shape index (κ1) is 14.7. The van der Waals surface area contributed by atoms with Gasteiger partial charge in [0, 0.05) is 18.7 Å². The van der Waals surface area contributed by atoms with Crippen LogP contribution in [0.2, 0.25) is 5.15 Å². The molecule has 0 N–H and O–H groups in total. The maximum Gasteiger partial charge on any atom is 0.224 e. The zero-order valence-electron chi connectivity index (χ0n) is 11.0. The van der Waals surface area contributed by atoms with Crippen molar-refractivity contribution in [3.8, 4) is 11.6 Å². The fourth-order valence-electron chi connectivity index (χ4n) is 1.54. The number of aryl methyl sites for hydroxylation is 1. The Morgan fingerprint density at radius 2 is 2.00 bits per heavy atom. The molecule has 2 rings (SSSR count). The Kier molecular flexibility index (Phi) is 4.25. The molecule has 7 heteroatoms. The maximum atomic E-state index is 11.5. The Balaban J connectivity index is 2.33. The Labute approximate surface area is 122 Å². The van der Waals surface area contributed by atoms with Crippen LogP contribution in [-0.4, -0.2) is 24.6 Å². The molecular weight excluding hydrogens is 300 g/mol. The summed E-state index contributed by atoms with van der Waals surface area (Å²) in [7, 11) is -3.28. The van der Waals surface area contributed by atoms with Gasteiger partial charge in [0.1, 0.15) is 16.7 Å². The number of nitrogens with zero attached hydrogens (tertiary/aromatic N) is 2. The topological polar surface area (TPSA) is 69.2 Å². The third kappa shape index (κ3) is 3.68. The van der Waals surface area contributed by atoms with Crippen LogP contribution in [0.15, 0.2) is 35.2 Å². The Hall–Kier alpha value is -1.66. The van der Waals surface area contributed by atoms with Crippen LogP contribution < -0.4 is 4.74 Å². The largest absolute Gasteiger partial charge is 0.439 e. The van der Waals surface area contributed by atoms with Crippen LogP contribution >= 0.6 is 11.6 Å². The molecule has 1 aromatic heterocycles.